The lowest BCUT2D eigenvalue weighted by Gasteiger charge is -2.08. The van der Waals surface area contributed by atoms with E-state index in [2.05, 4.69) is 5.32 Å². The molecule has 0 atom stereocenters. The Balaban J connectivity index is 1.87. The number of amides is 1. The number of benzene rings is 2. The number of hydrogen-bond acceptors (Lipinski definition) is 4. The van der Waals surface area contributed by atoms with E-state index in [1.54, 1.807) is 24.3 Å². The Morgan fingerprint density at radius 1 is 0.957 bits per heavy atom. The maximum atomic E-state index is 11.8. The molecule has 2 N–H and O–H groups in total. The zero-order valence-corrected chi connectivity index (χ0v) is 12.4. The van der Waals surface area contributed by atoms with Crippen LogP contribution in [0.1, 0.15) is 27.6 Å². The fourth-order valence-corrected chi connectivity index (χ4v) is 1.83. The second-order valence-electron chi connectivity index (χ2n) is 4.80. The molecule has 0 heterocycles. The van der Waals surface area contributed by atoms with Gasteiger partial charge >= 0.3 is 5.97 Å². The molecule has 0 aliphatic heterocycles. The highest BCUT2D eigenvalue weighted by molar-refractivity contribution is 5.94. The zero-order chi connectivity index (χ0) is 16.8. The van der Waals surface area contributed by atoms with E-state index >= 15 is 0 Å². The van der Waals surface area contributed by atoms with Crippen molar-refractivity contribution in [1.82, 2.24) is 0 Å². The third-order valence-electron chi connectivity index (χ3n) is 3.05. The number of rotatable bonds is 6. The fourth-order valence-electron chi connectivity index (χ4n) is 1.83. The highest BCUT2D eigenvalue weighted by atomic mass is 16.5. The Hall–Kier alpha value is -3.15. The van der Waals surface area contributed by atoms with E-state index in [1.165, 1.54) is 31.2 Å². The van der Waals surface area contributed by atoms with Gasteiger partial charge in [0.1, 0.15) is 5.75 Å². The molecule has 0 spiro atoms. The summed E-state index contributed by atoms with van der Waals surface area (Å²) in [5, 5.41) is 11.4. The predicted octanol–water partition coefficient (Wildman–Crippen LogP) is 2.60. The summed E-state index contributed by atoms with van der Waals surface area (Å²) in [6.07, 6.45) is 0. The van der Waals surface area contributed by atoms with Crippen LogP contribution in [0.3, 0.4) is 0 Å². The number of Topliss-reactive ketones (excluding diaryl/α,β-unsaturated/α-hetero) is 1. The third-order valence-corrected chi connectivity index (χ3v) is 3.05. The van der Waals surface area contributed by atoms with Crippen LogP contribution in [0.25, 0.3) is 0 Å². The molecule has 0 fully saturated rings. The number of ketones is 1. The number of carboxylic acid groups (broad SMARTS) is 1. The molecular formula is C17H15NO5. The first-order valence-corrected chi connectivity index (χ1v) is 6.83. The van der Waals surface area contributed by atoms with Crippen molar-refractivity contribution < 1.29 is 24.2 Å². The summed E-state index contributed by atoms with van der Waals surface area (Å²) in [7, 11) is 0. The van der Waals surface area contributed by atoms with Crippen molar-refractivity contribution in [3.05, 3.63) is 59.7 Å². The van der Waals surface area contributed by atoms with E-state index < -0.39 is 5.97 Å². The number of nitrogens with one attached hydrogen (secondary N) is 1. The Labute approximate surface area is 132 Å². The van der Waals surface area contributed by atoms with Crippen molar-refractivity contribution in [3.8, 4) is 5.75 Å². The number of aromatic carboxylic acids is 1. The van der Waals surface area contributed by atoms with Crippen LogP contribution in [0.5, 0.6) is 5.75 Å². The summed E-state index contributed by atoms with van der Waals surface area (Å²) in [5.74, 6) is -0.964. The molecule has 118 valence electrons. The monoisotopic (exact) mass is 313 g/mol. The van der Waals surface area contributed by atoms with Crippen LogP contribution < -0.4 is 10.1 Å². The normalized spacial score (nSPS) is 9.96. The summed E-state index contributed by atoms with van der Waals surface area (Å²) in [6, 6.07) is 12.3. The molecule has 2 rings (SSSR count). The maximum Gasteiger partial charge on any atom is 0.335 e. The van der Waals surface area contributed by atoms with Gasteiger partial charge in [-0.25, -0.2) is 4.79 Å². The summed E-state index contributed by atoms with van der Waals surface area (Å²) in [6.45, 7) is 1.28. The van der Waals surface area contributed by atoms with E-state index in [9.17, 15) is 14.4 Å². The third kappa shape index (κ3) is 4.67. The van der Waals surface area contributed by atoms with Crippen molar-refractivity contribution in [2.75, 3.05) is 11.9 Å². The minimum atomic E-state index is -1.03. The van der Waals surface area contributed by atoms with E-state index in [0.29, 0.717) is 17.0 Å². The standard InChI is InChI=1S/C17H15NO5/c1-11(19)12-4-8-15(9-5-12)23-10-16(20)18-14-6-2-13(3-7-14)17(21)22/h2-9H,10H2,1H3,(H,18,20)(H,21,22). The first kappa shape index (κ1) is 16.2. The molecule has 0 unspecified atom stereocenters. The van der Waals surface area contributed by atoms with Gasteiger partial charge < -0.3 is 15.2 Å². The van der Waals surface area contributed by atoms with E-state index in [0.717, 1.165) is 0 Å². The molecule has 6 nitrogen and oxygen atoms in total. The zero-order valence-electron chi connectivity index (χ0n) is 12.4. The van der Waals surface area contributed by atoms with Crippen LogP contribution in [0, 0.1) is 0 Å². The first-order valence-electron chi connectivity index (χ1n) is 6.83. The molecule has 0 aliphatic carbocycles. The van der Waals surface area contributed by atoms with Gasteiger partial charge in [0.05, 0.1) is 5.56 Å². The summed E-state index contributed by atoms with van der Waals surface area (Å²) < 4.78 is 5.32. The van der Waals surface area contributed by atoms with Gasteiger partial charge in [0, 0.05) is 11.3 Å². The van der Waals surface area contributed by atoms with E-state index in [-0.39, 0.29) is 23.9 Å². The van der Waals surface area contributed by atoms with Gasteiger partial charge in [0.2, 0.25) is 0 Å². The largest absolute Gasteiger partial charge is 0.484 e. The van der Waals surface area contributed by atoms with E-state index in [4.69, 9.17) is 9.84 Å². The topological polar surface area (TPSA) is 92.7 Å². The molecule has 0 saturated carbocycles. The lowest BCUT2D eigenvalue weighted by atomic mass is 10.1. The molecule has 2 aromatic rings. The highest BCUT2D eigenvalue weighted by Crippen LogP contribution is 2.13. The van der Waals surface area contributed by atoms with Crippen LogP contribution in [0.2, 0.25) is 0 Å². The minimum absolute atomic E-state index is 0.0425. The molecule has 0 aromatic heterocycles. The Morgan fingerprint density at radius 2 is 1.52 bits per heavy atom. The SMILES string of the molecule is CC(=O)c1ccc(OCC(=O)Nc2ccc(C(=O)O)cc2)cc1. The molecule has 6 heteroatoms. The number of carbonyl (C=O) groups excluding carboxylic acids is 2. The Kier molecular flexibility index (Phi) is 5.09. The Morgan fingerprint density at radius 3 is 2.04 bits per heavy atom. The molecular weight excluding hydrogens is 298 g/mol. The lowest BCUT2D eigenvalue weighted by Crippen LogP contribution is -2.20. The molecule has 0 bridgehead atoms. The van der Waals surface area contributed by atoms with Gasteiger partial charge in [-0.05, 0) is 55.5 Å². The number of ether oxygens (including phenoxy) is 1. The van der Waals surface area contributed by atoms with E-state index in [1.807, 2.05) is 0 Å². The van der Waals surface area contributed by atoms with Crippen molar-refractivity contribution in [1.29, 1.82) is 0 Å². The molecule has 1 amide bonds. The lowest BCUT2D eigenvalue weighted by molar-refractivity contribution is -0.118. The van der Waals surface area contributed by atoms with Crippen LogP contribution in [-0.2, 0) is 4.79 Å². The summed E-state index contributed by atoms with van der Waals surface area (Å²) in [5.41, 5.74) is 1.20. The average molecular weight is 313 g/mol. The van der Waals surface area contributed by atoms with Crippen LogP contribution in [-0.4, -0.2) is 29.4 Å². The van der Waals surface area contributed by atoms with Gasteiger partial charge in [0.15, 0.2) is 12.4 Å². The smallest absolute Gasteiger partial charge is 0.335 e. The second-order valence-corrected chi connectivity index (χ2v) is 4.80. The predicted molar refractivity (Wildman–Crippen MR) is 84.0 cm³/mol. The van der Waals surface area contributed by atoms with Gasteiger partial charge in [-0.15, -0.1) is 0 Å². The number of carbonyl (C=O) groups is 3. The molecule has 2 aromatic carbocycles. The summed E-state index contributed by atoms with van der Waals surface area (Å²) >= 11 is 0. The second kappa shape index (κ2) is 7.22. The minimum Gasteiger partial charge on any atom is -0.484 e. The number of carboxylic acids is 1. The number of hydrogen-bond donors (Lipinski definition) is 2. The Bertz CT molecular complexity index is 720. The maximum absolute atomic E-state index is 11.8. The molecule has 0 radical (unpaired) electrons. The number of anilines is 1. The van der Waals surface area contributed by atoms with Crippen LogP contribution in [0.4, 0.5) is 5.69 Å². The summed E-state index contributed by atoms with van der Waals surface area (Å²) in [4.78, 5) is 33.7. The molecule has 0 saturated heterocycles. The van der Waals surface area contributed by atoms with Gasteiger partial charge in [0.25, 0.3) is 5.91 Å². The van der Waals surface area contributed by atoms with Gasteiger partial charge in [-0.2, -0.15) is 0 Å². The van der Waals surface area contributed by atoms with Crippen molar-refractivity contribution in [3.63, 3.8) is 0 Å². The average Bonchev–Trinajstić information content (AvgIpc) is 2.54. The quantitative estimate of drug-likeness (QED) is 0.800. The van der Waals surface area contributed by atoms with Crippen molar-refractivity contribution >= 4 is 23.3 Å². The van der Waals surface area contributed by atoms with Gasteiger partial charge in [-0.3, -0.25) is 9.59 Å². The van der Waals surface area contributed by atoms with Crippen LogP contribution in [0.15, 0.2) is 48.5 Å². The molecule has 23 heavy (non-hydrogen) atoms. The van der Waals surface area contributed by atoms with Gasteiger partial charge in [-0.1, -0.05) is 0 Å². The first-order chi connectivity index (χ1) is 11.0. The fraction of sp³-hybridized carbons (Fsp3) is 0.118. The van der Waals surface area contributed by atoms with Crippen molar-refractivity contribution in [2.45, 2.75) is 6.92 Å². The highest BCUT2D eigenvalue weighted by Gasteiger charge is 2.06. The van der Waals surface area contributed by atoms with Crippen LogP contribution >= 0.6 is 0 Å². The molecule has 0 aliphatic rings. The van der Waals surface area contributed by atoms with Crippen molar-refractivity contribution in [2.24, 2.45) is 0 Å².